The molecule has 0 unspecified atom stereocenters. The largest absolute Gasteiger partial charge is 0.494 e. The Balaban J connectivity index is 1.98. The van der Waals surface area contributed by atoms with Crippen molar-refractivity contribution in [2.75, 3.05) is 7.11 Å². The molecule has 1 aliphatic rings. The van der Waals surface area contributed by atoms with Crippen LogP contribution in [-0.4, -0.2) is 23.9 Å². The number of rotatable bonds is 3. The standard InChI is InChI=1S/C14H17BrFNO2/c1-19-13-7-2-9(8-12(13)16)14(18)17-11-5-3-10(15)4-6-11/h2,7-8,10-11H,3-6H2,1H3,(H,17,18). The molecule has 0 aromatic heterocycles. The van der Waals surface area contributed by atoms with Crippen LogP contribution in [0.3, 0.4) is 0 Å². The van der Waals surface area contributed by atoms with E-state index in [0.29, 0.717) is 10.4 Å². The molecule has 1 N–H and O–H groups in total. The van der Waals surface area contributed by atoms with Crippen molar-refractivity contribution < 1.29 is 13.9 Å². The summed E-state index contributed by atoms with van der Waals surface area (Å²) >= 11 is 3.58. The Morgan fingerprint density at radius 2 is 2.05 bits per heavy atom. The van der Waals surface area contributed by atoms with E-state index in [-0.39, 0.29) is 17.7 Å². The average Bonchev–Trinajstić information content (AvgIpc) is 2.41. The van der Waals surface area contributed by atoms with Gasteiger partial charge in [0.15, 0.2) is 11.6 Å². The Labute approximate surface area is 120 Å². The minimum Gasteiger partial charge on any atom is -0.494 e. The SMILES string of the molecule is COc1ccc(C(=O)NC2CCC(Br)CC2)cc1F. The number of hydrogen-bond acceptors (Lipinski definition) is 2. The molecule has 1 aromatic carbocycles. The van der Waals surface area contributed by atoms with Gasteiger partial charge in [-0.1, -0.05) is 15.9 Å². The zero-order chi connectivity index (χ0) is 13.8. The minimum atomic E-state index is -0.515. The van der Waals surface area contributed by atoms with Gasteiger partial charge in [-0.3, -0.25) is 4.79 Å². The van der Waals surface area contributed by atoms with Crippen molar-refractivity contribution >= 4 is 21.8 Å². The summed E-state index contributed by atoms with van der Waals surface area (Å²) in [6.45, 7) is 0. The van der Waals surface area contributed by atoms with Crippen molar-refractivity contribution in [2.45, 2.75) is 36.6 Å². The van der Waals surface area contributed by atoms with E-state index in [1.807, 2.05) is 0 Å². The highest BCUT2D eigenvalue weighted by molar-refractivity contribution is 9.09. The Kier molecular flexibility index (Phi) is 4.80. The van der Waals surface area contributed by atoms with Gasteiger partial charge in [0, 0.05) is 16.4 Å². The van der Waals surface area contributed by atoms with Crippen molar-refractivity contribution in [1.29, 1.82) is 0 Å². The molecular formula is C14H17BrFNO2. The summed E-state index contributed by atoms with van der Waals surface area (Å²) in [6, 6.07) is 4.45. The predicted octanol–water partition coefficient (Wildman–Crippen LogP) is 3.27. The summed E-state index contributed by atoms with van der Waals surface area (Å²) in [5, 5.41) is 2.95. The van der Waals surface area contributed by atoms with E-state index in [0.717, 1.165) is 25.7 Å². The fraction of sp³-hybridized carbons (Fsp3) is 0.500. The van der Waals surface area contributed by atoms with E-state index in [1.54, 1.807) is 6.07 Å². The molecule has 0 radical (unpaired) electrons. The second-order valence-electron chi connectivity index (χ2n) is 4.77. The molecule has 0 saturated heterocycles. The zero-order valence-corrected chi connectivity index (χ0v) is 12.4. The smallest absolute Gasteiger partial charge is 0.251 e. The van der Waals surface area contributed by atoms with Crippen molar-refractivity contribution in [1.82, 2.24) is 5.32 Å². The summed E-state index contributed by atoms with van der Waals surface area (Å²) in [4.78, 5) is 12.6. The van der Waals surface area contributed by atoms with E-state index in [9.17, 15) is 9.18 Å². The number of alkyl halides is 1. The van der Waals surface area contributed by atoms with Gasteiger partial charge in [0.2, 0.25) is 0 Å². The fourth-order valence-corrected chi connectivity index (χ4v) is 2.80. The van der Waals surface area contributed by atoms with Crippen LogP contribution in [-0.2, 0) is 0 Å². The van der Waals surface area contributed by atoms with E-state index < -0.39 is 5.82 Å². The summed E-state index contributed by atoms with van der Waals surface area (Å²) in [7, 11) is 1.40. The van der Waals surface area contributed by atoms with E-state index >= 15 is 0 Å². The molecule has 2 rings (SSSR count). The summed E-state index contributed by atoms with van der Waals surface area (Å²) < 4.78 is 18.4. The zero-order valence-electron chi connectivity index (χ0n) is 10.8. The van der Waals surface area contributed by atoms with Crippen LogP contribution >= 0.6 is 15.9 Å². The maximum Gasteiger partial charge on any atom is 0.251 e. The van der Waals surface area contributed by atoms with Crippen LogP contribution in [0.15, 0.2) is 18.2 Å². The molecular weight excluding hydrogens is 313 g/mol. The van der Waals surface area contributed by atoms with Gasteiger partial charge in [0.05, 0.1) is 7.11 Å². The number of halogens is 2. The van der Waals surface area contributed by atoms with Crippen LogP contribution < -0.4 is 10.1 Å². The quantitative estimate of drug-likeness (QED) is 0.864. The van der Waals surface area contributed by atoms with Gasteiger partial charge in [0.1, 0.15) is 0 Å². The fourth-order valence-electron chi connectivity index (χ4n) is 2.27. The van der Waals surface area contributed by atoms with Gasteiger partial charge in [-0.05, 0) is 43.9 Å². The van der Waals surface area contributed by atoms with Gasteiger partial charge >= 0.3 is 0 Å². The minimum absolute atomic E-state index is 0.149. The number of nitrogens with one attached hydrogen (secondary N) is 1. The number of ether oxygens (including phenoxy) is 1. The lowest BCUT2D eigenvalue weighted by Crippen LogP contribution is -2.37. The molecule has 5 heteroatoms. The molecule has 1 aliphatic carbocycles. The van der Waals surface area contributed by atoms with Crippen LogP contribution in [0, 0.1) is 5.82 Å². The lowest BCUT2D eigenvalue weighted by Gasteiger charge is -2.26. The monoisotopic (exact) mass is 329 g/mol. The maximum atomic E-state index is 13.5. The van der Waals surface area contributed by atoms with E-state index in [2.05, 4.69) is 21.2 Å². The van der Waals surface area contributed by atoms with Crippen LogP contribution in [0.25, 0.3) is 0 Å². The number of benzene rings is 1. The molecule has 104 valence electrons. The highest BCUT2D eigenvalue weighted by Crippen LogP contribution is 2.24. The Morgan fingerprint density at radius 1 is 1.37 bits per heavy atom. The van der Waals surface area contributed by atoms with Crippen LogP contribution in [0.2, 0.25) is 0 Å². The number of amides is 1. The lowest BCUT2D eigenvalue weighted by atomic mass is 9.95. The molecule has 0 spiro atoms. The number of carbonyl (C=O) groups excluding carboxylic acids is 1. The van der Waals surface area contributed by atoms with Gasteiger partial charge < -0.3 is 10.1 Å². The van der Waals surface area contributed by atoms with Crippen LogP contribution in [0.5, 0.6) is 5.75 Å². The molecule has 1 amide bonds. The molecule has 3 nitrogen and oxygen atoms in total. The van der Waals surface area contributed by atoms with Gasteiger partial charge in [0.25, 0.3) is 5.91 Å². The third-order valence-electron chi connectivity index (χ3n) is 3.41. The average molecular weight is 330 g/mol. The first-order valence-corrected chi connectivity index (χ1v) is 7.30. The van der Waals surface area contributed by atoms with E-state index in [4.69, 9.17) is 4.74 Å². The normalized spacial score (nSPS) is 22.9. The van der Waals surface area contributed by atoms with E-state index in [1.165, 1.54) is 19.2 Å². The van der Waals surface area contributed by atoms with Crippen LogP contribution in [0.1, 0.15) is 36.0 Å². The molecule has 1 aromatic rings. The number of methoxy groups -OCH3 is 1. The van der Waals surface area contributed by atoms with Gasteiger partial charge in [-0.15, -0.1) is 0 Å². The molecule has 1 fully saturated rings. The highest BCUT2D eigenvalue weighted by Gasteiger charge is 2.21. The molecule has 0 bridgehead atoms. The van der Waals surface area contributed by atoms with Gasteiger partial charge in [-0.25, -0.2) is 4.39 Å². The Hall–Kier alpha value is -1.10. The molecule has 0 atom stereocenters. The summed E-state index contributed by atoms with van der Waals surface area (Å²) in [5.74, 6) is -0.588. The van der Waals surface area contributed by atoms with Crippen LogP contribution in [0.4, 0.5) is 4.39 Å². The molecule has 0 heterocycles. The first-order chi connectivity index (χ1) is 9.10. The Morgan fingerprint density at radius 3 is 2.63 bits per heavy atom. The summed E-state index contributed by atoms with van der Waals surface area (Å²) in [6.07, 6.45) is 4.03. The Bertz CT molecular complexity index is 459. The number of carbonyl (C=O) groups is 1. The highest BCUT2D eigenvalue weighted by atomic mass is 79.9. The molecule has 1 saturated carbocycles. The van der Waals surface area contributed by atoms with Crippen molar-refractivity contribution in [3.05, 3.63) is 29.6 Å². The second kappa shape index (κ2) is 6.37. The third kappa shape index (κ3) is 3.69. The number of hydrogen-bond donors (Lipinski definition) is 1. The predicted molar refractivity (Wildman–Crippen MR) is 75.4 cm³/mol. The topological polar surface area (TPSA) is 38.3 Å². The summed E-state index contributed by atoms with van der Waals surface area (Å²) in [5.41, 5.74) is 0.333. The lowest BCUT2D eigenvalue weighted by molar-refractivity contribution is 0.0927. The third-order valence-corrected chi connectivity index (χ3v) is 4.32. The molecule has 0 aliphatic heterocycles. The maximum absolute atomic E-state index is 13.5. The van der Waals surface area contributed by atoms with Crippen molar-refractivity contribution in [2.24, 2.45) is 0 Å². The van der Waals surface area contributed by atoms with Crippen molar-refractivity contribution in [3.63, 3.8) is 0 Å². The van der Waals surface area contributed by atoms with Gasteiger partial charge in [-0.2, -0.15) is 0 Å². The second-order valence-corrected chi connectivity index (χ2v) is 6.07. The first kappa shape index (κ1) is 14.3. The van der Waals surface area contributed by atoms with Crippen molar-refractivity contribution in [3.8, 4) is 5.75 Å². The first-order valence-electron chi connectivity index (χ1n) is 6.38. The molecule has 19 heavy (non-hydrogen) atoms.